The summed E-state index contributed by atoms with van der Waals surface area (Å²) < 4.78 is 5.62. The summed E-state index contributed by atoms with van der Waals surface area (Å²) in [6.45, 7) is 0. The molecule has 5 rings (SSSR count). The number of rotatable bonds is 0. The van der Waals surface area contributed by atoms with Gasteiger partial charge >= 0.3 is 0 Å². The van der Waals surface area contributed by atoms with Gasteiger partial charge in [-0.25, -0.2) is 0 Å². The molecule has 0 bridgehead atoms. The molecule has 0 unspecified atom stereocenters. The molecule has 100 valence electrons. The van der Waals surface area contributed by atoms with Gasteiger partial charge in [0.25, 0.3) is 0 Å². The fourth-order valence-corrected chi connectivity index (χ4v) is 3.81. The summed E-state index contributed by atoms with van der Waals surface area (Å²) in [4.78, 5) is 0. The van der Waals surface area contributed by atoms with E-state index in [2.05, 4.69) is 24.3 Å². The zero-order chi connectivity index (χ0) is 13.4. The number of benzene rings is 2. The fraction of sp³-hybridized carbons (Fsp3) is 0.294. The Morgan fingerprint density at radius 3 is 2.75 bits per heavy atom. The monoisotopic (exact) mass is 266 g/mol. The predicted molar refractivity (Wildman–Crippen MR) is 73.3 cm³/mol. The van der Waals surface area contributed by atoms with E-state index in [9.17, 15) is 10.2 Å². The number of aliphatic hydroxyl groups excluding tert-OH is 2. The maximum Gasteiger partial charge on any atom is 0.118 e. The lowest BCUT2D eigenvalue weighted by atomic mass is 9.82. The minimum Gasteiger partial charge on any atom is -0.387 e. The van der Waals surface area contributed by atoms with E-state index >= 15 is 0 Å². The minimum atomic E-state index is -0.841. The molecule has 3 nitrogen and oxygen atoms in total. The summed E-state index contributed by atoms with van der Waals surface area (Å²) in [6, 6.07) is 12.4. The van der Waals surface area contributed by atoms with Crippen LogP contribution in [0, 0.1) is 0 Å². The Labute approximate surface area is 116 Å². The Balaban J connectivity index is 1.81. The molecule has 0 radical (unpaired) electrons. The molecule has 3 aliphatic rings. The second-order valence-corrected chi connectivity index (χ2v) is 5.89. The summed E-state index contributed by atoms with van der Waals surface area (Å²) in [7, 11) is 0. The van der Waals surface area contributed by atoms with Crippen molar-refractivity contribution >= 4 is 0 Å². The predicted octanol–water partition coefficient (Wildman–Crippen LogP) is 2.11. The van der Waals surface area contributed by atoms with Gasteiger partial charge in [-0.05, 0) is 39.8 Å². The minimum absolute atomic E-state index is 0.0514. The smallest absolute Gasteiger partial charge is 0.118 e. The van der Waals surface area contributed by atoms with E-state index in [1.54, 1.807) is 0 Å². The maximum absolute atomic E-state index is 10.3. The highest BCUT2D eigenvalue weighted by Gasteiger charge is 2.55. The topological polar surface area (TPSA) is 53.0 Å². The Hall–Kier alpha value is -1.68. The van der Waals surface area contributed by atoms with Crippen molar-refractivity contribution < 1.29 is 14.9 Å². The Bertz CT molecular complexity index is 737. The first-order valence-electron chi connectivity index (χ1n) is 7.01. The fourth-order valence-electron chi connectivity index (χ4n) is 3.81. The molecule has 1 aliphatic heterocycles. The van der Waals surface area contributed by atoms with E-state index in [1.807, 2.05) is 12.1 Å². The van der Waals surface area contributed by atoms with E-state index in [-0.39, 0.29) is 12.2 Å². The van der Waals surface area contributed by atoms with Gasteiger partial charge in [0.05, 0.1) is 0 Å². The number of aliphatic hydroxyl groups is 2. The van der Waals surface area contributed by atoms with Gasteiger partial charge in [0.15, 0.2) is 0 Å². The molecule has 0 amide bonds. The maximum atomic E-state index is 10.3. The first-order chi connectivity index (χ1) is 9.75. The second kappa shape index (κ2) is 3.50. The molecule has 4 atom stereocenters. The summed E-state index contributed by atoms with van der Waals surface area (Å²) in [5.74, 6) is 0. The second-order valence-electron chi connectivity index (χ2n) is 5.89. The van der Waals surface area contributed by atoms with Crippen LogP contribution in [0.3, 0.4) is 0 Å². The molecular weight excluding hydrogens is 252 g/mol. The van der Waals surface area contributed by atoms with Crippen LogP contribution >= 0.6 is 0 Å². The van der Waals surface area contributed by atoms with Crippen LogP contribution in [0.5, 0.6) is 0 Å². The molecular formula is C17H14O3. The lowest BCUT2D eigenvalue weighted by molar-refractivity contribution is 0.0000282. The molecule has 2 aromatic carbocycles. The summed E-state index contributed by atoms with van der Waals surface area (Å²) in [6.07, 6.45) is -0.996. The van der Waals surface area contributed by atoms with Crippen LogP contribution in [0.25, 0.3) is 11.1 Å². The Kier molecular flexibility index (Phi) is 1.93. The third-order valence-corrected chi connectivity index (χ3v) is 4.82. The number of hydrogen-bond donors (Lipinski definition) is 2. The Morgan fingerprint density at radius 2 is 1.85 bits per heavy atom. The van der Waals surface area contributed by atoms with Crippen molar-refractivity contribution in [1.29, 1.82) is 0 Å². The van der Waals surface area contributed by atoms with Crippen molar-refractivity contribution in [3.8, 4) is 11.1 Å². The van der Waals surface area contributed by atoms with Crippen molar-refractivity contribution in [3.05, 3.63) is 58.7 Å². The van der Waals surface area contributed by atoms with Crippen LogP contribution in [0.1, 0.15) is 34.5 Å². The van der Waals surface area contributed by atoms with Gasteiger partial charge in [0.2, 0.25) is 0 Å². The van der Waals surface area contributed by atoms with Crippen molar-refractivity contribution in [2.45, 2.75) is 30.8 Å². The lowest BCUT2D eigenvalue weighted by Gasteiger charge is -2.25. The van der Waals surface area contributed by atoms with Gasteiger partial charge in [-0.3, -0.25) is 0 Å². The lowest BCUT2D eigenvalue weighted by Crippen LogP contribution is -2.29. The van der Waals surface area contributed by atoms with Crippen LogP contribution in [0.15, 0.2) is 36.4 Å². The van der Waals surface area contributed by atoms with Crippen LogP contribution in [0.2, 0.25) is 0 Å². The molecule has 2 aromatic rings. The first-order valence-corrected chi connectivity index (χ1v) is 7.01. The molecule has 0 aromatic heterocycles. The highest BCUT2D eigenvalue weighted by molar-refractivity contribution is 5.81. The number of fused-ring (bicyclic) bond motifs is 7. The molecule has 1 fully saturated rings. The van der Waals surface area contributed by atoms with Crippen LogP contribution < -0.4 is 0 Å². The highest BCUT2D eigenvalue weighted by atomic mass is 16.6. The number of ether oxygens (including phenoxy) is 1. The zero-order valence-corrected chi connectivity index (χ0v) is 10.8. The third kappa shape index (κ3) is 1.21. The van der Waals surface area contributed by atoms with Gasteiger partial charge in [-0.1, -0.05) is 36.4 Å². The van der Waals surface area contributed by atoms with Gasteiger partial charge in [0.1, 0.15) is 24.4 Å². The largest absolute Gasteiger partial charge is 0.387 e. The highest BCUT2D eigenvalue weighted by Crippen LogP contribution is 2.56. The van der Waals surface area contributed by atoms with E-state index in [4.69, 9.17) is 4.74 Å². The molecule has 0 saturated carbocycles. The standard InChI is InChI=1S/C17H14O3/c18-14-11-6-5-9-7-8-3-1-2-4-10(8)12(9)13(11)16-17(20-16)15(14)19/h1-6,14-19H,7H2/t14-,15+,16-,17+/m0/s1. The van der Waals surface area contributed by atoms with E-state index in [0.717, 1.165) is 17.5 Å². The molecule has 20 heavy (non-hydrogen) atoms. The van der Waals surface area contributed by atoms with Crippen molar-refractivity contribution in [2.75, 3.05) is 0 Å². The van der Waals surface area contributed by atoms with Crippen LogP contribution in [-0.4, -0.2) is 22.4 Å². The summed E-state index contributed by atoms with van der Waals surface area (Å²) >= 11 is 0. The molecule has 1 saturated heterocycles. The molecule has 3 heteroatoms. The molecule has 2 N–H and O–H groups in total. The van der Waals surface area contributed by atoms with Gasteiger partial charge in [-0.15, -0.1) is 0 Å². The van der Waals surface area contributed by atoms with Crippen molar-refractivity contribution in [2.24, 2.45) is 0 Å². The quantitative estimate of drug-likeness (QED) is 0.613. The van der Waals surface area contributed by atoms with E-state index < -0.39 is 12.2 Å². The third-order valence-electron chi connectivity index (χ3n) is 4.82. The van der Waals surface area contributed by atoms with Gasteiger partial charge < -0.3 is 14.9 Å². The average Bonchev–Trinajstić information content (AvgIpc) is 3.18. The van der Waals surface area contributed by atoms with Crippen LogP contribution in [-0.2, 0) is 11.2 Å². The summed E-state index contributed by atoms with van der Waals surface area (Å²) in [5.41, 5.74) is 7.01. The number of epoxide rings is 1. The van der Waals surface area contributed by atoms with Gasteiger partial charge in [-0.2, -0.15) is 0 Å². The van der Waals surface area contributed by atoms with Crippen molar-refractivity contribution in [1.82, 2.24) is 0 Å². The van der Waals surface area contributed by atoms with Crippen LogP contribution in [0.4, 0.5) is 0 Å². The average molecular weight is 266 g/mol. The van der Waals surface area contributed by atoms with E-state index in [0.29, 0.717) is 0 Å². The molecule has 0 spiro atoms. The summed E-state index contributed by atoms with van der Waals surface area (Å²) in [5, 5.41) is 20.3. The SMILES string of the molecule is O[C@H]1[C@H]2O[C@H]2c2c(ccc3c2-c2ccccc2C3)[C@@H]1O. The first kappa shape index (κ1) is 11.0. The molecule has 2 aliphatic carbocycles. The van der Waals surface area contributed by atoms with Gasteiger partial charge in [0, 0.05) is 0 Å². The van der Waals surface area contributed by atoms with E-state index in [1.165, 1.54) is 22.3 Å². The normalized spacial score (nSPS) is 32.1. The zero-order valence-electron chi connectivity index (χ0n) is 10.8. The Morgan fingerprint density at radius 1 is 1.00 bits per heavy atom. The number of hydrogen-bond acceptors (Lipinski definition) is 3. The van der Waals surface area contributed by atoms with Crippen molar-refractivity contribution in [3.63, 3.8) is 0 Å². The molecule has 1 heterocycles.